The highest BCUT2D eigenvalue weighted by atomic mass is 32.2. The summed E-state index contributed by atoms with van der Waals surface area (Å²) in [5.41, 5.74) is -0.542. The van der Waals surface area contributed by atoms with E-state index in [2.05, 4.69) is 16.9 Å². The van der Waals surface area contributed by atoms with Gasteiger partial charge in [-0.25, -0.2) is 9.59 Å². The fraction of sp³-hybridized carbons (Fsp3) is 0.562. The van der Waals surface area contributed by atoms with Crippen LogP contribution < -0.4 is 11.0 Å². The van der Waals surface area contributed by atoms with Crippen molar-refractivity contribution in [1.29, 1.82) is 0 Å². The number of carbonyl (C=O) groups is 1. The molecule has 0 aromatic carbocycles. The molecule has 0 radical (unpaired) electrons. The summed E-state index contributed by atoms with van der Waals surface area (Å²) in [6.07, 6.45) is -3.17. The van der Waals surface area contributed by atoms with Gasteiger partial charge in [0.25, 0.3) is 0 Å². The molecule has 1 aromatic rings. The van der Waals surface area contributed by atoms with Crippen LogP contribution >= 0.6 is 11.8 Å². The van der Waals surface area contributed by atoms with Crippen molar-refractivity contribution in [3.63, 3.8) is 0 Å². The Bertz CT molecular complexity index is 726. The highest BCUT2D eigenvalue weighted by Gasteiger charge is 2.43. The molecule has 1 unspecified atom stereocenters. The Labute approximate surface area is 159 Å². The summed E-state index contributed by atoms with van der Waals surface area (Å²) in [7, 11) is 0. The Morgan fingerprint density at radius 2 is 2.26 bits per heavy atom. The number of nitrogens with zero attached hydrogens (tertiary/aromatic N) is 2. The van der Waals surface area contributed by atoms with Crippen LogP contribution in [0.3, 0.4) is 0 Å². The number of aromatic nitrogens is 2. The van der Waals surface area contributed by atoms with Crippen molar-refractivity contribution < 1.29 is 29.6 Å². The van der Waals surface area contributed by atoms with Gasteiger partial charge in [-0.2, -0.15) is 16.7 Å². The molecule has 2 rings (SSSR count). The Hall–Kier alpha value is -1.92. The molecule has 4 N–H and O–H groups in total. The molecule has 1 amide bonds. The SMILES string of the molecule is C=Cc1cn(C2O[C@H](CO)[C@@H](O)[C@H]2O)c(=O)nc1NC(=O)OCCSCC. The average Bonchev–Trinajstić information content (AvgIpc) is 2.93. The molecule has 27 heavy (non-hydrogen) atoms. The minimum atomic E-state index is -1.43. The first kappa shape index (κ1) is 21.4. The van der Waals surface area contributed by atoms with Gasteiger partial charge in [-0.05, 0) is 5.75 Å². The van der Waals surface area contributed by atoms with Gasteiger partial charge in [0.1, 0.15) is 30.7 Å². The minimum absolute atomic E-state index is 0.0499. The number of carbonyl (C=O) groups excluding carboxylic acids is 1. The van der Waals surface area contributed by atoms with Gasteiger partial charge in [0, 0.05) is 17.5 Å². The molecule has 1 aliphatic heterocycles. The van der Waals surface area contributed by atoms with Crippen molar-refractivity contribution in [1.82, 2.24) is 9.55 Å². The van der Waals surface area contributed by atoms with E-state index in [0.29, 0.717) is 5.75 Å². The van der Waals surface area contributed by atoms with Crippen LogP contribution in [-0.4, -0.2) is 74.0 Å². The van der Waals surface area contributed by atoms with Crippen molar-refractivity contribution in [2.24, 2.45) is 0 Å². The molecule has 0 aliphatic carbocycles. The van der Waals surface area contributed by atoms with Crippen LogP contribution in [0.2, 0.25) is 0 Å². The quantitative estimate of drug-likeness (QED) is 0.435. The van der Waals surface area contributed by atoms with Crippen molar-refractivity contribution in [3.05, 3.63) is 28.8 Å². The van der Waals surface area contributed by atoms with Crippen molar-refractivity contribution >= 4 is 29.7 Å². The Morgan fingerprint density at radius 3 is 2.85 bits per heavy atom. The van der Waals surface area contributed by atoms with Gasteiger partial charge < -0.3 is 24.8 Å². The molecule has 150 valence electrons. The maximum Gasteiger partial charge on any atom is 0.412 e. The summed E-state index contributed by atoms with van der Waals surface area (Å²) in [6.45, 7) is 5.29. The summed E-state index contributed by atoms with van der Waals surface area (Å²) in [5, 5.41) is 31.4. The number of thioether (sulfide) groups is 1. The van der Waals surface area contributed by atoms with E-state index in [4.69, 9.17) is 14.6 Å². The molecule has 1 aliphatic rings. The molecule has 10 nitrogen and oxygen atoms in total. The normalized spacial score (nSPS) is 24.6. The van der Waals surface area contributed by atoms with Crippen LogP contribution in [0.1, 0.15) is 18.7 Å². The zero-order valence-electron chi connectivity index (χ0n) is 14.8. The standard InChI is InChI=1S/C16H23N3O7S/c1-3-9-7-19(14-12(22)11(21)10(8-20)26-14)15(23)17-13(9)18-16(24)25-5-6-27-4-2/h3,7,10-12,14,20-22H,1,4-6,8H2,2H3,(H,17,18,23,24)/t10-,11-,12-,14?/m1/s1. The van der Waals surface area contributed by atoms with Crippen molar-refractivity contribution in [2.45, 2.75) is 31.5 Å². The molecule has 1 aromatic heterocycles. The first-order valence-corrected chi connectivity index (χ1v) is 9.48. The van der Waals surface area contributed by atoms with E-state index in [1.807, 2.05) is 6.92 Å². The van der Waals surface area contributed by atoms with Gasteiger partial charge in [0.2, 0.25) is 0 Å². The van der Waals surface area contributed by atoms with E-state index < -0.39 is 42.9 Å². The molecule has 4 atom stereocenters. The molecule has 1 fully saturated rings. The lowest BCUT2D eigenvalue weighted by atomic mass is 10.1. The monoisotopic (exact) mass is 401 g/mol. The largest absolute Gasteiger partial charge is 0.448 e. The fourth-order valence-corrected chi connectivity index (χ4v) is 2.99. The third-order valence-corrected chi connectivity index (χ3v) is 4.74. The van der Waals surface area contributed by atoms with E-state index >= 15 is 0 Å². The van der Waals surface area contributed by atoms with E-state index in [1.165, 1.54) is 12.3 Å². The van der Waals surface area contributed by atoms with E-state index in [-0.39, 0.29) is 18.0 Å². The van der Waals surface area contributed by atoms with Crippen LogP contribution in [0.5, 0.6) is 0 Å². The lowest BCUT2D eigenvalue weighted by molar-refractivity contribution is -0.0549. The van der Waals surface area contributed by atoms with Crippen LogP contribution in [-0.2, 0) is 9.47 Å². The minimum Gasteiger partial charge on any atom is -0.448 e. The zero-order valence-corrected chi connectivity index (χ0v) is 15.6. The molecule has 1 saturated heterocycles. The number of amides is 1. The Morgan fingerprint density at radius 1 is 1.52 bits per heavy atom. The molecule has 11 heteroatoms. The van der Waals surface area contributed by atoms with Crippen LogP contribution in [0.4, 0.5) is 10.6 Å². The number of hydrogen-bond acceptors (Lipinski definition) is 9. The second-order valence-corrected chi connectivity index (χ2v) is 7.02. The first-order chi connectivity index (χ1) is 12.9. The Balaban J connectivity index is 2.16. The number of nitrogens with one attached hydrogen (secondary N) is 1. The highest BCUT2D eigenvalue weighted by molar-refractivity contribution is 7.99. The summed E-state index contributed by atoms with van der Waals surface area (Å²) in [5.74, 6) is 1.51. The highest BCUT2D eigenvalue weighted by Crippen LogP contribution is 2.28. The summed E-state index contributed by atoms with van der Waals surface area (Å²) in [6, 6.07) is 0. The predicted molar refractivity (Wildman–Crippen MR) is 99.6 cm³/mol. The number of anilines is 1. The Kier molecular flexibility index (Phi) is 7.80. The number of aliphatic hydroxyl groups is 3. The van der Waals surface area contributed by atoms with Gasteiger partial charge in [-0.15, -0.1) is 0 Å². The lowest BCUT2D eigenvalue weighted by Crippen LogP contribution is -2.36. The maximum absolute atomic E-state index is 12.3. The molecule has 2 heterocycles. The van der Waals surface area contributed by atoms with Crippen LogP contribution in [0.25, 0.3) is 6.08 Å². The van der Waals surface area contributed by atoms with Gasteiger partial charge in [-0.1, -0.05) is 19.6 Å². The summed E-state index contributed by atoms with van der Waals surface area (Å²) < 4.78 is 11.3. The van der Waals surface area contributed by atoms with Gasteiger partial charge >= 0.3 is 11.8 Å². The second-order valence-electron chi connectivity index (χ2n) is 5.63. The number of aliphatic hydroxyl groups excluding tert-OH is 3. The van der Waals surface area contributed by atoms with Crippen molar-refractivity contribution in [2.75, 3.05) is 30.0 Å². The van der Waals surface area contributed by atoms with E-state index in [9.17, 15) is 19.8 Å². The van der Waals surface area contributed by atoms with Crippen molar-refractivity contribution in [3.8, 4) is 0 Å². The van der Waals surface area contributed by atoms with Gasteiger partial charge in [-0.3, -0.25) is 9.88 Å². The summed E-state index contributed by atoms with van der Waals surface area (Å²) >= 11 is 1.62. The smallest absolute Gasteiger partial charge is 0.412 e. The molecular formula is C16H23N3O7S. The topological polar surface area (TPSA) is 143 Å². The third kappa shape index (κ3) is 5.08. The second kappa shape index (κ2) is 9.85. The molecule has 0 spiro atoms. The molecule has 0 bridgehead atoms. The van der Waals surface area contributed by atoms with Gasteiger partial charge in [0.05, 0.1) is 6.61 Å². The molecule has 0 saturated carbocycles. The van der Waals surface area contributed by atoms with Crippen LogP contribution in [0.15, 0.2) is 17.6 Å². The number of ether oxygens (including phenoxy) is 2. The zero-order chi connectivity index (χ0) is 20.0. The first-order valence-electron chi connectivity index (χ1n) is 8.32. The van der Waals surface area contributed by atoms with E-state index in [0.717, 1.165) is 10.3 Å². The molecular weight excluding hydrogens is 378 g/mol. The summed E-state index contributed by atoms with van der Waals surface area (Å²) in [4.78, 5) is 27.9. The number of rotatable bonds is 8. The maximum atomic E-state index is 12.3. The predicted octanol–water partition coefficient (Wildman–Crippen LogP) is -0.201. The van der Waals surface area contributed by atoms with E-state index in [1.54, 1.807) is 11.8 Å². The van der Waals surface area contributed by atoms with Crippen LogP contribution in [0, 0.1) is 0 Å². The lowest BCUT2D eigenvalue weighted by Gasteiger charge is -2.18. The average molecular weight is 401 g/mol. The number of hydrogen-bond donors (Lipinski definition) is 4. The third-order valence-electron chi connectivity index (χ3n) is 3.88. The van der Waals surface area contributed by atoms with Gasteiger partial charge in [0.15, 0.2) is 6.23 Å². The fourth-order valence-electron chi connectivity index (χ4n) is 2.50.